The minimum absolute atomic E-state index is 0.131. The van der Waals surface area contributed by atoms with Gasteiger partial charge in [-0.15, -0.1) is 0 Å². The average molecular weight is 478 g/mol. The van der Waals surface area contributed by atoms with Gasteiger partial charge in [0.05, 0.1) is 17.1 Å². The van der Waals surface area contributed by atoms with Crippen LogP contribution in [0.25, 0.3) is 5.69 Å². The Morgan fingerprint density at radius 2 is 1.64 bits per heavy atom. The Kier molecular flexibility index (Phi) is 6.88. The number of likely N-dealkylation sites (N-methyl/N-ethyl adjacent to an activating group) is 1. The molecule has 2 aliphatic rings. The van der Waals surface area contributed by atoms with Crippen molar-refractivity contribution in [2.24, 2.45) is 5.92 Å². The van der Waals surface area contributed by atoms with E-state index in [1.807, 2.05) is 4.90 Å². The molecule has 180 valence electrons. The molecule has 1 aromatic heterocycles. The summed E-state index contributed by atoms with van der Waals surface area (Å²) < 4.78 is 43.3. The normalized spacial score (nSPS) is 19.2. The summed E-state index contributed by atoms with van der Waals surface area (Å²) in [7, 11) is -3.76. The number of benzene rings is 1. The predicted octanol–water partition coefficient (Wildman–Crippen LogP) is 2.19. The van der Waals surface area contributed by atoms with Crippen molar-refractivity contribution in [1.82, 2.24) is 23.9 Å². The molecule has 1 aromatic carbocycles. The highest BCUT2D eigenvalue weighted by atomic mass is 32.2. The summed E-state index contributed by atoms with van der Waals surface area (Å²) in [5, 5.41) is 4.41. The lowest BCUT2D eigenvalue weighted by molar-refractivity contribution is -0.138. The number of hydrogen-bond acceptors (Lipinski definition) is 5. The van der Waals surface area contributed by atoms with Crippen molar-refractivity contribution in [3.8, 4) is 5.69 Å². The van der Waals surface area contributed by atoms with E-state index in [2.05, 4.69) is 16.9 Å². The fourth-order valence-electron chi connectivity index (χ4n) is 4.85. The van der Waals surface area contributed by atoms with E-state index in [9.17, 15) is 17.6 Å². The van der Waals surface area contributed by atoms with Crippen LogP contribution in [0.1, 0.15) is 31.2 Å². The minimum atomic E-state index is -3.76. The number of halogens is 1. The van der Waals surface area contributed by atoms with Crippen LogP contribution < -0.4 is 0 Å². The molecular weight excluding hydrogens is 445 g/mol. The molecule has 3 heterocycles. The second-order valence-electron chi connectivity index (χ2n) is 8.83. The SMILES string of the molecule is CCN1CCN(C(=O)C2CCN(S(=O)(=O)c3c(C)nn(-c4ccc(F)cc4)c3C)CC2)CC1. The first-order valence-corrected chi connectivity index (χ1v) is 13.0. The number of aromatic nitrogens is 2. The van der Waals surface area contributed by atoms with E-state index in [-0.39, 0.29) is 22.5 Å². The fraction of sp³-hybridized carbons (Fsp3) is 0.565. The number of carbonyl (C=O) groups is 1. The molecule has 0 unspecified atom stereocenters. The summed E-state index contributed by atoms with van der Waals surface area (Å²) in [5.74, 6) is -0.342. The Morgan fingerprint density at radius 1 is 1.03 bits per heavy atom. The molecule has 2 aromatic rings. The van der Waals surface area contributed by atoms with Gasteiger partial charge in [0.2, 0.25) is 15.9 Å². The summed E-state index contributed by atoms with van der Waals surface area (Å²) in [5.41, 5.74) is 1.50. The lowest BCUT2D eigenvalue weighted by atomic mass is 9.96. The van der Waals surface area contributed by atoms with E-state index in [1.165, 1.54) is 21.1 Å². The van der Waals surface area contributed by atoms with E-state index in [1.54, 1.807) is 26.0 Å². The first-order valence-electron chi connectivity index (χ1n) is 11.6. The maximum atomic E-state index is 13.5. The van der Waals surface area contributed by atoms with Gasteiger partial charge in [-0.2, -0.15) is 9.40 Å². The van der Waals surface area contributed by atoms with Crippen LogP contribution in [0, 0.1) is 25.6 Å². The maximum absolute atomic E-state index is 13.5. The highest BCUT2D eigenvalue weighted by molar-refractivity contribution is 7.89. The van der Waals surface area contributed by atoms with Crippen molar-refractivity contribution in [2.75, 3.05) is 45.8 Å². The average Bonchev–Trinajstić information content (AvgIpc) is 3.13. The monoisotopic (exact) mass is 477 g/mol. The fourth-order valence-corrected chi connectivity index (χ4v) is 6.67. The van der Waals surface area contributed by atoms with Gasteiger partial charge < -0.3 is 9.80 Å². The largest absolute Gasteiger partial charge is 0.340 e. The summed E-state index contributed by atoms with van der Waals surface area (Å²) in [4.78, 5) is 17.4. The number of carbonyl (C=O) groups excluding carboxylic acids is 1. The summed E-state index contributed by atoms with van der Waals surface area (Å²) in [6, 6.07) is 5.79. The molecule has 2 aliphatic heterocycles. The number of rotatable bonds is 5. The van der Waals surface area contributed by atoms with Crippen LogP contribution in [-0.4, -0.2) is 84.0 Å². The van der Waals surface area contributed by atoms with Gasteiger partial charge in [-0.1, -0.05) is 6.92 Å². The molecule has 0 N–H and O–H groups in total. The molecule has 0 radical (unpaired) electrons. The van der Waals surface area contributed by atoms with Crippen LogP contribution in [-0.2, 0) is 14.8 Å². The van der Waals surface area contributed by atoms with Gasteiger partial charge >= 0.3 is 0 Å². The third kappa shape index (κ3) is 4.69. The molecule has 0 aliphatic carbocycles. The topological polar surface area (TPSA) is 78.8 Å². The summed E-state index contributed by atoms with van der Waals surface area (Å²) in [6.07, 6.45) is 1.05. The molecule has 0 bridgehead atoms. The zero-order valence-corrected chi connectivity index (χ0v) is 20.3. The Labute approximate surface area is 195 Å². The molecule has 0 atom stereocenters. The van der Waals surface area contributed by atoms with Gasteiger partial charge in [0.15, 0.2) is 0 Å². The van der Waals surface area contributed by atoms with E-state index in [4.69, 9.17) is 0 Å². The molecule has 10 heteroatoms. The summed E-state index contributed by atoms with van der Waals surface area (Å²) >= 11 is 0. The Morgan fingerprint density at radius 3 is 2.21 bits per heavy atom. The third-order valence-electron chi connectivity index (χ3n) is 6.83. The number of piperidine rings is 1. The number of hydrogen-bond donors (Lipinski definition) is 0. The molecule has 1 amide bonds. The number of sulfonamides is 1. The zero-order chi connectivity index (χ0) is 23.8. The van der Waals surface area contributed by atoms with Crippen LogP contribution in [0.2, 0.25) is 0 Å². The van der Waals surface area contributed by atoms with Gasteiger partial charge in [-0.3, -0.25) is 4.79 Å². The molecule has 8 nitrogen and oxygen atoms in total. The second kappa shape index (κ2) is 9.52. The van der Waals surface area contributed by atoms with Crippen molar-refractivity contribution >= 4 is 15.9 Å². The van der Waals surface area contributed by atoms with Crippen molar-refractivity contribution < 1.29 is 17.6 Å². The number of aryl methyl sites for hydroxylation is 1. The Hall–Kier alpha value is -2.30. The van der Waals surface area contributed by atoms with Crippen LogP contribution in [0.3, 0.4) is 0 Å². The smallest absolute Gasteiger partial charge is 0.246 e. The van der Waals surface area contributed by atoms with E-state index in [0.717, 1.165) is 32.7 Å². The summed E-state index contributed by atoms with van der Waals surface area (Å²) in [6.45, 7) is 10.4. The first kappa shape index (κ1) is 23.8. The number of amides is 1. The number of nitrogens with zero attached hydrogens (tertiary/aromatic N) is 5. The van der Waals surface area contributed by atoms with Gasteiger partial charge in [-0.25, -0.2) is 17.5 Å². The maximum Gasteiger partial charge on any atom is 0.246 e. The van der Waals surface area contributed by atoms with E-state index in [0.29, 0.717) is 43.0 Å². The molecule has 2 fully saturated rings. The molecule has 0 saturated carbocycles. The van der Waals surface area contributed by atoms with Crippen LogP contribution in [0.15, 0.2) is 29.2 Å². The lowest BCUT2D eigenvalue weighted by Crippen LogP contribution is -2.51. The van der Waals surface area contributed by atoms with Crippen molar-refractivity contribution in [1.29, 1.82) is 0 Å². The van der Waals surface area contributed by atoms with Gasteiger partial charge in [0.1, 0.15) is 10.7 Å². The molecule has 4 rings (SSSR count). The number of piperazine rings is 1. The molecular formula is C23H32FN5O3S. The zero-order valence-electron chi connectivity index (χ0n) is 19.5. The van der Waals surface area contributed by atoms with Crippen LogP contribution in [0.5, 0.6) is 0 Å². The minimum Gasteiger partial charge on any atom is -0.340 e. The molecule has 2 saturated heterocycles. The quantitative estimate of drug-likeness (QED) is 0.660. The van der Waals surface area contributed by atoms with Crippen LogP contribution in [0.4, 0.5) is 4.39 Å². The Bertz CT molecular complexity index is 1100. The van der Waals surface area contributed by atoms with E-state index < -0.39 is 10.0 Å². The van der Waals surface area contributed by atoms with Gasteiger partial charge in [-0.05, 0) is 57.5 Å². The van der Waals surface area contributed by atoms with Crippen molar-refractivity contribution in [3.05, 3.63) is 41.5 Å². The first-order chi connectivity index (χ1) is 15.7. The van der Waals surface area contributed by atoms with Crippen molar-refractivity contribution in [2.45, 2.75) is 38.5 Å². The molecule has 0 spiro atoms. The predicted molar refractivity (Wildman–Crippen MR) is 123 cm³/mol. The standard InChI is InChI=1S/C23H32FN5O3S/c1-4-26-13-15-27(16-14-26)23(30)19-9-11-28(12-10-19)33(31,32)22-17(2)25-29(18(22)3)21-7-5-20(24)6-8-21/h5-8,19H,4,9-16H2,1-3H3. The third-order valence-corrected chi connectivity index (χ3v) is 8.98. The lowest BCUT2D eigenvalue weighted by Gasteiger charge is -2.38. The van der Waals surface area contributed by atoms with Crippen molar-refractivity contribution in [3.63, 3.8) is 0 Å². The van der Waals surface area contributed by atoms with Gasteiger partial charge in [0, 0.05) is 45.2 Å². The van der Waals surface area contributed by atoms with E-state index >= 15 is 0 Å². The highest BCUT2D eigenvalue weighted by Gasteiger charge is 2.37. The van der Waals surface area contributed by atoms with Gasteiger partial charge in [0.25, 0.3) is 0 Å². The second-order valence-corrected chi connectivity index (χ2v) is 10.7. The Balaban J connectivity index is 1.45. The van der Waals surface area contributed by atoms with Crippen LogP contribution >= 0.6 is 0 Å². The molecule has 33 heavy (non-hydrogen) atoms. The highest BCUT2D eigenvalue weighted by Crippen LogP contribution is 2.30.